The van der Waals surface area contributed by atoms with Crippen molar-refractivity contribution in [2.24, 2.45) is 0 Å². The number of hydrogen-bond acceptors (Lipinski definition) is 5. The molecule has 0 aliphatic carbocycles. The van der Waals surface area contributed by atoms with Crippen LogP contribution in [0.3, 0.4) is 0 Å². The number of nitrogens with one attached hydrogen (secondary N) is 2. The number of phenolic OH excluding ortho intramolecular Hbond substituents is 1. The van der Waals surface area contributed by atoms with Crippen molar-refractivity contribution in [2.75, 3.05) is 0 Å². The number of amides is 3. The van der Waals surface area contributed by atoms with Gasteiger partial charge in [0.1, 0.15) is 23.4 Å². The van der Waals surface area contributed by atoms with Gasteiger partial charge in [-0.25, -0.2) is 4.79 Å². The second kappa shape index (κ2) is 14.0. The zero-order valence-corrected chi connectivity index (χ0v) is 24.6. The predicted octanol–water partition coefficient (Wildman–Crippen LogP) is 5.42. The van der Waals surface area contributed by atoms with Gasteiger partial charge in [-0.1, -0.05) is 55.3 Å². The van der Waals surface area contributed by atoms with Crippen LogP contribution in [0.5, 0.6) is 5.75 Å². The molecule has 2 rings (SSSR count). The third-order valence-electron chi connectivity index (χ3n) is 6.17. The van der Waals surface area contributed by atoms with Crippen molar-refractivity contribution in [3.8, 4) is 5.75 Å². The van der Waals surface area contributed by atoms with E-state index in [1.54, 1.807) is 37.8 Å². The van der Waals surface area contributed by atoms with Crippen molar-refractivity contribution < 1.29 is 24.2 Å². The molecule has 0 heterocycles. The molecule has 8 heteroatoms. The number of carbonyl (C=O) groups is 3. The number of carbonyl (C=O) groups excluding carboxylic acids is 3. The number of rotatable bonds is 11. The SMILES string of the molecule is CCCC(C)NC(=O)C(c1cccc(C)c1)N(C(=O)C(Cc1ccc(O)cc1)NC(=O)OC(C)(C)C)C(C)C. The Bertz CT molecular complexity index is 1110. The first-order chi connectivity index (χ1) is 18.2. The largest absolute Gasteiger partial charge is 0.508 e. The number of ether oxygens (including phenoxy) is 1. The molecular weight excluding hydrogens is 494 g/mol. The minimum Gasteiger partial charge on any atom is -0.508 e. The summed E-state index contributed by atoms with van der Waals surface area (Å²) in [7, 11) is 0. The number of phenols is 1. The van der Waals surface area contributed by atoms with Gasteiger partial charge in [-0.3, -0.25) is 9.59 Å². The molecule has 0 aliphatic rings. The molecule has 2 aromatic rings. The molecule has 0 spiro atoms. The van der Waals surface area contributed by atoms with Crippen molar-refractivity contribution in [1.29, 1.82) is 0 Å². The molecule has 2 aromatic carbocycles. The van der Waals surface area contributed by atoms with E-state index in [9.17, 15) is 19.5 Å². The number of benzene rings is 2. The summed E-state index contributed by atoms with van der Waals surface area (Å²) in [6.07, 6.45) is 1.15. The zero-order valence-electron chi connectivity index (χ0n) is 24.6. The molecule has 0 aliphatic heterocycles. The van der Waals surface area contributed by atoms with Crippen molar-refractivity contribution in [3.05, 3.63) is 65.2 Å². The lowest BCUT2D eigenvalue weighted by atomic mass is 9.97. The molecular formula is C31H45N3O5. The second-order valence-electron chi connectivity index (χ2n) is 11.4. The van der Waals surface area contributed by atoms with Gasteiger partial charge in [0.05, 0.1) is 0 Å². The summed E-state index contributed by atoms with van der Waals surface area (Å²) in [5.41, 5.74) is 1.64. The fraction of sp³-hybridized carbons (Fsp3) is 0.516. The Balaban J connectivity index is 2.54. The first-order valence-electron chi connectivity index (χ1n) is 13.7. The van der Waals surface area contributed by atoms with E-state index >= 15 is 0 Å². The summed E-state index contributed by atoms with van der Waals surface area (Å²) in [6.45, 7) is 14.9. The van der Waals surface area contributed by atoms with Gasteiger partial charge in [0.25, 0.3) is 0 Å². The van der Waals surface area contributed by atoms with Gasteiger partial charge in [-0.2, -0.15) is 0 Å². The minimum atomic E-state index is -1.01. The van der Waals surface area contributed by atoms with Gasteiger partial charge in [0.15, 0.2) is 0 Å². The van der Waals surface area contributed by atoms with E-state index in [0.717, 1.165) is 24.0 Å². The summed E-state index contributed by atoms with van der Waals surface area (Å²) in [6, 6.07) is 11.7. The Hall–Kier alpha value is -3.55. The monoisotopic (exact) mass is 539 g/mol. The van der Waals surface area contributed by atoms with Crippen LogP contribution in [-0.2, 0) is 20.7 Å². The van der Waals surface area contributed by atoms with E-state index in [1.165, 1.54) is 12.1 Å². The van der Waals surface area contributed by atoms with Gasteiger partial charge in [-0.05, 0) is 78.1 Å². The summed E-state index contributed by atoms with van der Waals surface area (Å²) in [5.74, 6) is -0.582. The maximum absolute atomic E-state index is 14.3. The van der Waals surface area contributed by atoms with Gasteiger partial charge >= 0.3 is 6.09 Å². The van der Waals surface area contributed by atoms with Gasteiger partial charge < -0.3 is 25.4 Å². The molecule has 0 fully saturated rings. The van der Waals surface area contributed by atoms with Crippen LogP contribution < -0.4 is 10.6 Å². The maximum atomic E-state index is 14.3. The minimum absolute atomic E-state index is 0.0633. The Kier molecular flexibility index (Phi) is 11.4. The van der Waals surface area contributed by atoms with Crippen molar-refractivity contribution in [1.82, 2.24) is 15.5 Å². The zero-order chi connectivity index (χ0) is 29.3. The molecule has 0 aromatic heterocycles. The standard InChI is InChI=1S/C31H45N3O5/c1-9-11-22(5)32-28(36)27(24-13-10-12-21(4)18-24)34(20(2)3)29(37)26(33-30(38)39-31(6,7)8)19-23-14-16-25(35)17-15-23/h10,12-18,20,22,26-27,35H,9,11,19H2,1-8H3,(H,32,36)(H,33,38). The highest BCUT2D eigenvalue weighted by atomic mass is 16.6. The summed E-state index contributed by atoms with van der Waals surface area (Å²) < 4.78 is 5.46. The van der Waals surface area contributed by atoms with Crippen LogP contribution in [0, 0.1) is 6.92 Å². The van der Waals surface area contributed by atoms with Crippen molar-refractivity contribution in [3.63, 3.8) is 0 Å². The van der Waals surface area contributed by atoms with Crippen molar-refractivity contribution >= 4 is 17.9 Å². The van der Waals surface area contributed by atoms with Crippen LogP contribution in [0.1, 0.15) is 84.0 Å². The van der Waals surface area contributed by atoms with E-state index in [2.05, 4.69) is 17.6 Å². The second-order valence-corrected chi connectivity index (χ2v) is 11.4. The highest BCUT2D eigenvalue weighted by Crippen LogP contribution is 2.27. The molecule has 3 atom stereocenters. The fourth-order valence-electron chi connectivity index (χ4n) is 4.48. The highest BCUT2D eigenvalue weighted by Gasteiger charge is 2.38. The lowest BCUT2D eigenvalue weighted by molar-refractivity contribution is -0.144. The summed E-state index contributed by atoms with van der Waals surface area (Å²) in [5, 5.41) is 15.5. The first-order valence-corrected chi connectivity index (χ1v) is 13.7. The van der Waals surface area contributed by atoms with E-state index in [4.69, 9.17) is 4.74 Å². The van der Waals surface area contributed by atoms with E-state index in [-0.39, 0.29) is 30.2 Å². The molecule has 3 amide bonds. The molecule has 214 valence electrons. The van der Waals surface area contributed by atoms with Crippen LogP contribution in [-0.4, -0.2) is 51.6 Å². The third-order valence-corrected chi connectivity index (χ3v) is 6.17. The van der Waals surface area contributed by atoms with Gasteiger partial charge in [-0.15, -0.1) is 0 Å². The Labute approximate surface area is 233 Å². The average molecular weight is 540 g/mol. The molecule has 0 bridgehead atoms. The molecule has 0 radical (unpaired) electrons. The quantitative estimate of drug-likeness (QED) is 0.353. The topological polar surface area (TPSA) is 108 Å². The highest BCUT2D eigenvalue weighted by molar-refractivity contribution is 5.92. The Morgan fingerprint density at radius 2 is 1.64 bits per heavy atom. The molecule has 39 heavy (non-hydrogen) atoms. The average Bonchev–Trinajstić information content (AvgIpc) is 2.81. The molecule has 3 N–H and O–H groups in total. The lowest BCUT2D eigenvalue weighted by Crippen LogP contribution is -2.56. The van der Waals surface area contributed by atoms with Gasteiger partial charge in [0.2, 0.25) is 11.8 Å². The van der Waals surface area contributed by atoms with E-state index in [1.807, 2.05) is 52.0 Å². The molecule has 3 unspecified atom stereocenters. The fourth-order valence-corrected chi connectivity index (χ4v) is 4.48. The number of alkyl carbamates (subject to hydrolysis) is 1. The van der Waals surface area contributed by atoms with Crippen LogP contribution in [0.2, 0.25) is 0 Å². The summed E-state index contributed by atoms with van der Waals surface area (Å²) >= 11 is 0. The van der Waals surface area contributed by atoms with Crippen LogP contribution in [0.25, 0.3) is 0 Å². The number of aryl methyl sites for hydroxylation is 1. The molecule has 0 saturated carbocycles. The predicted molar refractivity (Wildman–Crippen MR) is 153 cm³/mol. The van der Waals surface area contributed by atoms with Crippen LogP contribution >= 0.6 is 0 Å². The Morgan fingerprint density at radius 3 is 2.18 bits per heavy atom. The summed E-state index contributed by atoms with van der Waals surface area (Å²) in [4.78, 5) is 42.4. The molecule has 0 saturated heterocycles. The number of nitrogens with zero attached hydrogens (tertiary/aromatic N) is 1. The number of aromatic hydroxyl groups is 1. The van der Waals surface area contributed by atoms with E-state index < -0.39 is 29.7 Å². The van der Waals surface area contributed by atoms with Crippen molar-refractivity contribution in [2.45, 2.75) is 104 Å². The maximum Gasteiger partial charge on any atom is 0.408 e. The Morgan fingerprint density at radius 1 is 1.00 bits per heavy atom. The lowest BCUT2D eigenvalue weighted by Gasteiger charge is -2.37. The first kappa shape index (κ1) is 31.7. The van der Waals surface area contributed by atoms with E-state index in [0.29, 0.717) is 5.56 Å². The third kappa shape index (κ3) is 9.93. The van der Waals surface area contributed by atoms with Crippen LogP contribution in [0.15, 0.2) is 48.5 Å². The van der Waals surface area contributed by atoms with Crippen LogP contribution in [0.4, 0.5) is 4.79 Å². The normalized spacial score (nSPS) is 13.8. The molecule has 8 nitrogen and oxygen atoms in total. The number of hydrogen-bond donors (Lipinski definition) is 3. The smallest absolute Gasteiger partial charge is 0.408 e. The van der Waals surface area contributed by atoms with Gasteiger partial charge in [0, 0.05) is 18.5 Å².